The van der Waals surface area contributed by atoms with Gasteiger partial charge in [-0.2, -0.15) is 0 Å². The molecule has 0 aliphatic heterocycles. The molecule has 0 saturated heterocycles. The highest BCUT2D eigenvalue weighted by molar-refractivity contribution is 7.78. The molecular formula is C12H18N4S. The number of nitrogens with zero attached hydrogens (tertiary/aromatic N) is 2. The molecule has 0 fully saturated rings. The molecule has 17 heavy (non-hydrogen) atoms. The molecule has 0 aliphatic rings. The van der Waals surface area contributed by atoms with Crippen LogP contribution in [0.25, 0.3) is 0 Å². The Kier molecular flexibility index (Phi) is 7.18. The third-order valence-electron chi connectivity index (χ3n) is 2.26. The average molecular weight is 250 g/mol. The summed E-state index contributed by atoms with van der Waals surface area (Å²) >= 11 is 4.65. The number of thiocarbonyl (C=S) groups is 1. The zero-order valence-electron chi connectivity index (χ0n) is 9.80. The second-order valence-electron chi connectivity index (χ2n) is 3.60. The van der Waals surface area contributed by atoms with Crippen molar-refractivity contribution in [1.82, 2.24) is 10.3 Å². The van der Waals surface area contributed by atoms with E-state index in [-0.39, 0.29) is 0 Å². The topological polar surface area (TPSA) is 53.6 Å². The Morgan fingerprint density at radius 2 is 2.06 bits per heavy atom. The van der Waals surface area contributed by atoms with Crippen molar-refractivity contribution in [3.05, 3.63) is 35.9 Å². The van der Waals surface area contributed by atoms with Crippen LogP contribution in [0.1, 0.15) is 5.56 Å². The molecule has 0 atom stereocenters. The zero-order chi connectivity index (χ0) is 12.3. The molecule has 1 aromatic rings. The summed E-state index contributed by atoms with van der Waals surface area (Å²) in [6.45, 7) is 3.84. The van der Waals surface area contributed by atoms with E-state index in [0.29, 0.717) is 6.54 Å². The van der Waals surface area contributed by atoms with Crippen LogP contribution in [0.3, 0.4) is 0 Å². The summed E-state index contributed by atoms with van der Waals surface area (Å²) in [5, 5.41) is 11.6. The molecular weight excluding hydrogens is 232 g/mol. The molecule has 0 aromatic heterocycles. The lowest BCUT2D eigenvalue weighted by Crippen LogP contribution is -2.31. The summed E-state index contributed by atoms with van der Waals surface area (Å²) in [5.74, 6) is 0. The van der Waals surface area contributed by atoms with E-state index in [1.54, 1.807) is 0 Å². The minimum Gasteiger partial charge on any atom is -0.329 e. The third-order valence-corrected chi connectivity index (χ3v) is 2.34. The van der Waals surface area contributed by atoms with Crippen LogP contribution in [0.5, 0.6) is 0 Å². The van der Waals surface area contributed by atoms with Crippen LogP contribution in [-0.4, -0.2) is 36.3 Å². The van der Waals surface area contributed by atoms with Crippen LogP contribution in [-0.2, 0) is 6.54 Å². The van der Waals surface area contributed by atoms with Crippen molar-refractivity contribution in [3.63, 3.8) is 0 Å². The first kappa shape index (κ1) is 13.8. The maximum atomic E-state index is 5.40. The Balaban J connectivity index is 2.40. The highest BCUT2D eigenvalue weighted by Crippen LogP contribution is 2.03. The number of hydrogen-bond acceptors (Lipinski definition) is 5. The van der Waals surface area contributed by atoms with Crippen molar-refractivity contribution >= 4 is 17.4 Å². The van der Waals surface area contributed by atoms with Gasteiger partial charge in [0.15, 0.2) is 0 Å². The summed E-state index contributed by atoms with van der Waals surface area (Å²) in [6, 6.07) is 10.2. The van der Waals surface area contributed by atoms with Gasteiger partial charge < -0.3 is 11.1 Å². The first-order valence-electron chi connectivity index (χ1n) is 5.64. The Labute approximate surface area is 107 Å². The molecule has 0 amide bonds. The van der Waals surface area contributed by atoms with Gasteiger partial charge in [-0.25, -0.2) is 0 Å². The maximum Gasteiger partial charge on any atom is 0.0846 e. The van der Waals surface area contributed by atoms with Gasteiger partial charge in [0.25, 0.3) is 0 Å². The molecule has 1 rings (SSSR count). The highest BCUT2D eigenvalue weighted by atomic mass is 32.1. The summed E-state index contributed by atoms with van der Waals surface area (Å²) in [7, 11) is 0. The normalized spacial score (nSPS) is 9.71. The molecule has 1 aromatic carbocycles. The van der Waals surface area contributed by atoms with E-state index in [0.717, 1.165) is 26.2 Å². The fraction of sp³-hybridized carbons (Fsp3) is 0.417. The van der Waals surface area contributed by atoms with Crippen molar-refractivity contribution in [2.75, 3.05) is 26.2 Å². The Morgan fingerprint density at radius 3 is 2.71 bits per heavy atom. The molecule has 5 heteroatoms. The fourth-order valence-corrected chi connectivity index (χ4v) is 1.57. The molecule has 4 nitrogen and oxygen atoms in total. The van der Waals surface area contributed by atoms with Crippen LogP contribution in [0, 0.1) is 0 Å². The molecule has 0 bridgehead atoms. The van der Waals surface area contributed by atoms with Crippen LogP contribution >= 0.6 is 12.2 Å². The van der Waals surface area contributed by atoms with E-state index in [1.165, 1.54) is 5.56 Å². The lowest BCUT2D eigenvalue weighted by atomic mass is 10.2. The maximum absolute atomic E-state index is 5.40. The lowest BCUT2D eigenvalue weighted by molar-refractivity contribution is 0.282. The van der Waals surface area contributed by atoms with Gasteiger partial charge in [0, 0.05) is 26.2 Å². The first-order chi connectivity index (χ1) is 8.36. The molecule has 0 unspecified atom stereocenters. The van der Waals surface area contributed by atoms with Gasteiger partial charge in [-0.15, -0.1) is 5.10 Å². The predicted molar refractivity (Wildman–Crippen MR) is 73.8 cm³/mol. The summed E-state index contributed by atoms with van der Waals surface area (Å²) in [5.41, 5.74) is 6.61. The highest BCUT2D eigenvalue weighted by Gasteiger charge is 2.01. The Bertz CT molecular complexity index is 349. The Morgan fingerprint density at radius 1 is 1.29 bits per heavy atom. The van der Waals surface area contributed by atoms with Gasteiger partial charge in [-0.1, -0.05) is 30.3 Å². The van der Waals surface area contributed by atoms with Crippen LogP contribution in [0.15, 0.2) is 35.4 Å². The monoisotopic (exact) mass is 250 g/mol. The van der Waals surface area contributed by atoms with Gasteiger partial charge in [0.1, 0.15) is 0 Å². The van der Waals surface area contributed by atoms with Gasteiger partial charge >= 0.3 is 0 Å². The first-order valence-corrected chi connectivity index (χ1v) is 6.05. The van der Waals surface area contributed by atoms with Gasteiger partial charge in [-0.05, 0) is 17.8 Å². The molecule has 92 valence electrons. The van der Waals surface area contributed by atoms with Gasteiger partial charge in [0.2, 0.25) is 0 Å². The van der Waals surface area contributed by atoms with Crippen LogP contribution in [0.4, 0.5) is 0 Å². The molecule has 0 radical (unpaired) electrons. The van der Waals surface area contributed by atoms with Gasteiger partial charge in [-0.3, -0.25) is 5.01 Å². The number of nitrogens with two attached hydrogens (primary N) is 1. The van der Waals surface area contributed by atoms with Gasteiger partial charge in [0.05, 0.1) is 11.7 Å². The number of rotatable bonds is 8. The van der Waals surface area contributed by atoms with E-state index < -0.39 is 0 Å². The number of benzene rings is 1. The molecule has 0 heterocycles. The van der Waals surface area contributed by atoms with Crippen molar-refractivity contribution in [2.24, 2.45) is 10.8 Å². The number of nitrogens with one attached hydrogen (secondary N) is 1. The smallest absolute Gasteiger partial charge is 0.0846 e. The SMILES string of the molecule is NCCNCCN(Cc1ccccc1)N=C=S. The number of hydrogen-bond donors (Lipinski definition) is 2. The lowest BCUT2D eigenvalue weighted by Gasteiger charge is -2.17. The fourth-order valence-electron chi connectivity index (χ4n) is 1.45. The summed E-state index contributed by atoms with van der Waals surface area (Å²) < 4.78 is 0. The van der Waals surface area contributed by atoms with Crippen LogP contribution < -0.4 is 11.1 Å². The molecule has 0 saturated carbocycles. The van der Waals surface area contributed by atoms with E-state index in [9.17, 15) is 0 Å². The van der Waals surface area contributed by atoms with E-state index in [1.807, 2.05) is 23.2 Å². The third kappa shape index (κ3) is 6.14. The van der Waals surface area contributed by atoms with Crippen molar-refractivity contribution in [2.45, 2.75) is 6.54 Å². The molecule has 3 N–H and O–H groups in total. The predicted octanol–water partition coefficient (Wildman–Crippen LogP) is 1.05. The number of hydrazone groups is 1. The minimum absolute atomic E-state index is 0.648. The Hall–Kier alpha value is -1.26. The summed E-state index contributed by atoms with van der Waals surface area (Å²) in [4.78, 5) is 0. The zero-order valence-corrected chi connectivity index (χ0v) is 10.6. The second-order valence-corrected chi connectivity index (χ2v) is 3.79. The minimum atomic E-state index is 0.648. The van der Waals surface area contributed by atoms with Crippen molar-refractivity contribution in [1.29, 1.82) is 0 Å². The van der Waals surface area contributed by atoms with E-state index >= 15 is 0 Å². The standard InChI is InChI=1S/C12H18N4S/c13-6-7-14-8-9-16(15-11-17)10-12-4-2-1-3-5-12/h1-5,14H,6-10,13H2. The van der Waals surface area contributed by atoms with Crippen LogP contribution in [0.2, 0.25) is 0 Å². The van der Waals surface area contributed by atoms with Crippen molar-refractivity contribution in [3.8, 4) is 0 Å². The van der Waals surface area contributed by atoms with Crippen molar-refractivity contribution < 1.29 is 0 Å². The molecule has 0 aliphatic carbocycles. The number of isothiocyanates is 1. The summed E-state index contributed by atoms with van der Waals surface area (Å²) in [6.07, 6.45) is 0. The average Bonchev–Trinajstić information content (AvgIpc) is 2.36. The largest absolute Gasteiger partial charge is 0.329 e. The van der Waals surface area contributed by atoms with E-state index in [2.05, 4.69) is 39.9 Å². The second kappa shape index (κ2) is 8.84. The molecule has 0 spiro atoms. The van der Waals surface area contributed by atoms with E-state index in [4.69, 9.17) is 5.73 Å². The quantitative estimate of drug-likeness (QED) is 0.313.